The molecule has 0 radical (unpaired) electrons. The third kappa shape index (κ3) is 6.10. The predicted octanol–water partition coefficient (Wildman–Crippen LogP) is 4.20. The van der Waals surface area contributed by atoms with Crippen molar-refractivity contribution in [2.45, 2.75) is 40.0 Å². The molecule has 0 aliphatic heterocycles. The lowest BCUT2D eigenvalue weighted by Crippen LogP contribution is -2.43. The van der Waals surface area contributed by atoms with Crippen molar-refractivity contribution in [3.8, 4) is 5.75 Å². The molecule has 0 aliphatic carbocycles. The number of hydrazine groups is 1. The minimum absolute atomic E-state index is 0.0342. The highest BCUT2D eigenvalue weighted by Crippen LogP contribution is 2.30. The fourth-order valence-electron chi connectivity index (χ4n) is 2.66. The Hall–Kier alpha value is -2.34. The third-order valence-electron chi connectivity index (χ3n) is 3.92. The van der Waals surface area contributed by atoms with Crippen LogP contribution >= 0.6 is 15.9 Å². The summed E-state index contributed by atoms with van der Waals surface area (Å²) in [5.74, 6) is -0.209. The number of halogens is 1. The van der Waals surface area contributed by atoms with Gasteiger partial charge in [-0.25, -0.2) is 0 Å². The van der Waals surface area contributed by atoms with E-state index in [9.17, 15) is 9.59 Å². The highest BCUT2D eigenvalue weighted by Gasteiger charge is 2.18. The molecule has 5 nitrogen and oxygen atoms in total. The molecule has 0 saturated heterocycles. The first-order valence-corrected chi connectivity index (χ1v) is 9.46. The number of hydrogen-bond donors (Lipinski definition) is 2. The molecule has 0 bridgehead atoms. The van der Waals surface area contributed by atoms with Gasteiger partial charge in [-0.05, 0) is 60.2 Å². The second kappa shape index (κ2) is 8.57. The number of amides is 2. The van der Waals surface area contributed by atoms with Crippen LogP contribution in [0.15, 0.2) is 40.9 Å². The SMILES string of the molecule is Cc1cc(C)cc(OCC(=O)NNC(=O)c2ccc(C(C)(C)C)c(Br)c2)c1. The summed E-state index contributed by atoms with van der Waals surface area (Å²) >= 11 is 3.51. The zero-order valence-electron chi connectivity index (χ0n) is 16.3. The van der Waals surface area contributed by atoms with Gasteiger partial charge in [0.25, 0.3) is 11.8 Å². The highest BCUT2D eigenvalue weighted by molar-refractivity contribution is 9.10. The summed E-state index contributed by atoms with van der Waals surface area (Å²) in [5.41, 5.74) is 8.40. The van der Waals surface area contributed by atoms with Crippen molar-refractivity contribution >= 4 is 27.7 Å². The van der Waals surface area contributed by atoms with E-state index in [2.05, 4.69) is 47.6 Å². The molecule has 0 spiro atoms. The summed E-state index contributed by atoms with van der Waals surface area (Å²) < 4.78 is 6.32. The number of carbonyl (C=O) groups is 2. The molecule has 0 unspecified atom stereocenters. The largest absolute Gasteiger partial charge is 0.484 e. The van der Waals surface area contributed by atoms with Crippen LogP contribution in [0.25, 0.3) is 0 Å². The summed E-state index contributed by atoms with van der Waals surface area (Å²) in [6.45, 7) is 10.0. The molecule has 0 heterocycles. The zero-order chi connectivity index (χ0) is 20.2. The maximum absolute atomic E-state index is 12.2. The van der Waals surface area contributed by atoms with Crippen LogP contribution in [-0.4, -0.2) is 18.4 Å². The molecular weight excluding hydrogens is 408 g/mol. The summed E-state index contributed by atoms with van der Waals surface area (Å²) in [6.07, 6.45) is 0. The first-order valence-electron chi connectivity index (χ1n) is 8.66. The molecule has 0 atom stereocenters. The molecule has 27 heavy (non-hydrogen) atoms. The van der Waals surface area contributed by atoms with E-state index in [1.807, 2.05) is 38.1 Å². The Morgan fingerprint density at radius 3 is 2.19 bits per heavy atom. The van der Waals surface area contributed by atoms with E-state index >= 15 is 0 Å². The average Bonchev–Trinajstić information content (AvgIpc) is 2.55. The minimum atomic E-state index is -0.437. The van der Waals surface area contributed by atoms with Gasteiger partial charge in [0.2, 0.25) is 0 Å². The highest BCUT2D eigenvalue weighted by atomic mass is 79.9. The average molecular weight is 433 g/mol. The lowest BCUT2D eigenvalue weighted by Gasteiger charge is -2.21. The second-order valence-corrected chi connectivity index (χ2v) is 8.41. The van der Waals surface area contributed by atoms with Crippen LogP contribution in [0, 0.1) is 13.8 Å². The van der Waals surface area contributed by atoms with E-state index in [1.165, 1.54) is 0 Å². The van der Waals surface area contributed by atoms with Crippen LogP contribution in [0.4, 0.5) is 0 Å². The van der Waals surface area contributed by atoms with Crippen LogP contribution in [0.1, 0.15) is 47.8 Å². The number of rotatable bonds is 4. The number of benzene rings is 2. The van der Waals surface area contributed by atoms with E-state index in [0.717, 1.165) is 21.2 Å². The lowest BCUT2D eigenvalue weighted by molar-refractivity contribution is -0.123. The molecule has 0 saturated carbocycles. The summed E-state index contributed by atoms with van der Waals surface area (Å²) in [7, 11) is 0. The van der Waals surface area contributed by atoms with Gasteiger partial charge in [0, 0.05) is 10.0 Å². The Bertz CT molecular complexity index is 837. The topological polar surface area (TPSA) is 67.4 Å². The van der Waals surface area contributed by atoms with Gasteiger partial charge < -0.3 is 4.74 Å². The Morgan fingerprint density at radius 1 is 1.00 bits per heavy atom. The Kier molecular flexibility index (Phi) is 6.65. The van der Waals surface area contributed by atoms with E-state index in [-0.39, 0.29) is 12.0 Å². The van der Waals surface area contributed by atoms with Gasteiger partial charge in [0.05, 0.1) is 0 Å². The normalized spacial score (nSPS) is 11.0. The summed E-state index contributed by atoms with van der Waals surface area (Å²) in [5, 5.41) is 0. The van der Waals surface area contributed by atoms with Crippen molar-refractivity contribution in [1.29, 1.82) is 0 Å². The number of ether oxygens (including phenoxy) is 1. The number of nitrogens with one attached hydrogen (secondary N) is 2. The van der Waals surface area contributed by atoms with Crippen molar-refractivity contribution in [3.63, 3.8) is 0 Å². The molecule has 2 rings (SSSR count). The smallest absolute Gasteiger partial charge is 0.276 e. The van der Waals surface area contributed by atoms with Crippen molar-refractivity contribution in [2.75, 3.05) is 6.61 Å². The van der Waals surface area contributed by atoms with Crippen LogP contribution < -0.4 is 15.6 Å². The van der Waals surface area contributed by atoms with Gasteiger partial charge in [0.15, 0.2) is 6.61 Å². The standard InChI is InChI=1S/C21H25BrN2O3/c1-13-8-14(2)10-16(9-13)27-12-19(25)23-24-20(26)15-6-7-17(18(22)11-15)21(3,4)5/h6-11H,12H2,1-5H3,(H,23,25)(H,24,26). The van der Waals surface area contributed by atoms with Gasteiger partial charge in [-0.3, -0.25) is 20.4 Å². The fourth-order valence-corrected chi connectivity index (χ4v) is 3.64. The van der Waals surface area contributed by atoms with Gasteiger partial charge in [-0.2, -0.15) is 0 Å². The molecule has 144 valence electrons. The molecular formula is C21H25BrN2O3. The quantitative estimate of drug-likeness (QED) is 0.711. The third-order valence-corrected chi connectivity index (χ3v) is 4.58. The molecule has 2 N–H and O–H groups in total. The Balaban J connectivity index is 1.89. The van der Waals surface area contributed by atoms with Crippen molar-refractivity contribution in [1.82, 2.24) is 10.9 Å². The van der Waals surface area contributed by atoms with E-state index in [0.29, 0.717) is 11.3 Å². The molecule has 0 aliphatic rings. The number of carbonyl (C=O) groups excluding carboxylic acids is 2. The van der Waals surface area contributed by atoms with Crippen LogP contribution in [-0.2, 0) is 10.2 Å². The number of hydrogen-bond acceptors (Lipinski definition) is 3. The van der Waals surface area contributed by atoms with Crippen molar-refractivity contribution < 1.29 is 14.3 Å². The molecule has 6 heteroatoms. The molecule has 2 aromatic rings. The summed E-state index contributed by atoms with van der Waals surface area (Å²) in [4.78, 5) is 24.2. The second-order valence-electron chi connectivity index (χ2n) is 7.56. The summed E-state index contributed by atoms with van der Waals surface area (Å²) in [6, 6.07) is 11.1. The van der Waals surface area contributed by atoms with Gasteiger partial charge >= 0.3 is 0 Å². The van der Waals surface area contributed by atoms with E-state index in [4.69, 9.17) is 4.74 Å². The van der Waals surface area contributed by atoms with Gasteiger partial charge in [0.1, 0.15) is 5.75 Å². The van der Waals surface area contributed by atoms with E-state index in [1.54, 1.807) is 12.1 Å². The maximum atomic E-state index is 12.2. The molecule has 0 aromatic heterocycles. The Labute approximate surface area is 168 Å². The Morgan fingerprint density at radius 2 is 1.63 bits per heavy atom. The van der Waals surface area contributed by atoms with Crippen LogP contribution in [0.3, 0.4) is 0 Å². The molecule has 2 amide bonds. The molecule has 2 aromatic carbocycles. The van der Waals surface area contributed by atoms with Crippen LogP contribution in [0.2, 0.25) is 0 Å². The maximum Gasteiger partial charge on any atom is 0.276 e. The van der Waals surface area contributed by atoms with Crippen molar-refractivity contribution in [3.05, 3.63) is 63.1 Å². The van der Waals surface area contributed by atoms with E-state index < -0.39 is 11.8 Å². The monoisotopic (exact) mass is 432 g/mol. The predicted molar refractivity (Wildman–Crippen MR) is 110 cm³/mol. The van der Waals surface area contributed by atoms with Crippen LogP contribution in [0.5, 0.6) is 5.75 Å². The lowest BCUT2D eigenvalue weighted by atomic mass is 9.86. The molecule has 0 fully saturated rings. The van der Waals surface area contributed by atoms with Gasteiger partial charge in [-0.1, -0.05) is 48.8 Å². The van der Waals surface area contributed by atoms with Crippen molar-refractivity contribution in [2.24, 2.45) is 0 Å². The van der Waals surface area contributed by atoms with Gasteiger partial charge in [-0.15, -0.1) is 0 Å². The number of aryl methyl sites for hydroxylation is 2. The minimum Gasteiger partial charge on any atom is -0.484 e. The fraction of sp³-hybridized carbons (Fsp3) is 0.333. The first kappa shape index (κ1) is 21.0. The zero-order valence-corrected chi connectivity index (χ0v) is 17.9. The first-order chi connectivity index (χ1) is 12.6.